The molecule has 0 aromatic rings. The molecule has 0 amide bonds. The van der Waals surface area contributed by atoms with Gasteiger partial charge in [0.2, 0.25) is 0 Å². The molecule has 0 radical (unpaired) electrons. The molecule has 2 aliphatic carbocycles. The van der Waals surface area contributed by atoms with Gasteiger partial charge in [0.15, 0.2) is 0 Å². The third-order valence-electron chi connectivity index (χ3n) is 6.39. The zero-order chi connectivity index (χ0) is 19.8. The molecule has 2 rings (SSSR count). The summed E-state index contributed by atoms with van der Waals surface area (Å²) >= 11 is 0. The van der Waals surface area contributed by atoms with E-state index in [-0.39, 0.29) is 51.0 Å². The van der Waals surface area contributed by atoms with Crippen LogP contribution >= 0.6 is 0 Å². The Morgan fingerprint density at radius 3 is 1.21 bits per heavy atom. The fraction of sp³-hybridized carbons (Fsp3) is 0.692. The van der Waals surface area contributed by atoms with Crippen molar-refractivity contribution in [3.63, 3.8) is 0 Å². The van der Waals surface area contributed by atoms with Crippen LogP contribution in [-0.4, -0.2) is 0 Å². The fourth-order valence-corrected chi connectivity index (χ4v) is 4.08. The maximum atomic E-state index is 3.51. The summed E-state index contributed by atoms with van der Waals surface area (Å²) in [5.41, 5.74) is 6.46. The zero-order valence-electron chi connectivity index (χ0n) is 20.1. The third kappa shape index (κ3) is 10.1. The van der Waals surface area contributed by atoms with E-state index in [0.717, 1.165) is 12.8 Å². The van der Waals surface area contributed by atoms with E-state index in [0.29, 0.717) is 10.8 Å². The van der Waals surface area contributed by atoms with Crippen LogP contribution in [0.2, 0.25) is 0 Å². The minimum Gasteiger partial charge on any atom is -1.00 e. The van der Waals surface area contributed by atoms with Crippen LogP contribution in [0.25, 0.3) is 0 Å². The molecular weight excluding hydrogens is 474 g/mol. The van der Waals surface area contributed by atoms with Crippen LogP contribution in [0.3, 0.4) is 0 Å². The molecule has 0 aromatic carbocycles. The second kappa shape index (κ2) is 16.1. The van der Waals surface area contributed by atoms with Gasteiger partial charge in [-0.1, -0.05) is 81.1 Å². The normalized spacial score (nSPS) is 18.8. The van der Waals surface area contributed by atoms with Gasteiger partial charge in [0, 0.05) is 0 Å². The maximum Gasteiger partial charge on any atom is 4.00 e. The predicted molar refractivity (Wildman–Crippen MR) is 117 cm³/mol. The first kappa shape index (κ1) is 34.0. The van der Waals surface area contributed by atoms with Crippen molar-refractivity contribution < 1.29 is 51.0 Å². The first-order valence-corrected chi connectivity index (χ1v) is 10.8. The van der Waals surface area contributed by atoms with Crippen LogP contribution in [-0.2, 0) is 26.2 Å². The molecule has 0 saturated carbocycles. The van der Waals surface area contributed by atoms with E-state index in [2.05, 4.69) is 79.7 Å². The quantitative estimate of drug-likeness (QED) is 0.435. The van der Waals surface area contributed by atoms with Crippen molar-refractivity contribution in [3.8, 4) is 0 Å². The van der Waals surface area contributed by atoms with E-state index in [9.17, 15) is 0 Å². The monoisotopic (exact) mass is 514 g/mol. The van der Waals surface area contributed by atoms with Gasteiger partial charge >= 0.3 is 26.2 Å². The summed E-state index contributed by atoms with van der Waals surface area (Å²) < 4.78 is 0. The summed E-state index contributed by atoms with van der Waals surface area (Å²) in [4.78, 5) is 0. The van der Waals surface area contributed by atoms with Crippen molar-refractivity contribution in [1.82, 2.24) is 0 Å². The van der Waals surface area contributed by atoms with Gasteiger partial charge in [-0.05, 0) is 36.5 Å². The second-order valence-corrected chi connectivity index (χ2v) is 8.78. The van der Waals surface area contributed by atoms with E-state index >= 15 is 0 Å². The van der Waals surface area contributed by atoms with E-state index < -0.39 is 0 Å². The SMILES string of the molecule is CCCC(C)(CC)C1=CCC(C)=[C-]1.CCCC(C)(CC)C1=CCC(C)=[C-]1.[Cl-].[Cl-].[Zr+4]. The second-order valence-electron chi connectivity index (χ2n) is 8.78. The van der Waals surface area contributed by atoms with Crippen molar-refractivity contribution >= 4 is 0 Å². The van der Waals surface area contributed by atoms with Gasteiger partial charge in [-0.15, -0.1) is 0 Å². The molecule has 0 bridgehead atoms. The summed E-state index contributed by atoms with van der Waals surface area (Å²) in [6, 6.07) is 0. The maximum absolute atomic E-state index is 3.51. The molecule has 29 heavy (non-hydrogen) atoms. The summed E-state index contributed by atoms with van der Waals surface area (Å²) in [5, 5.41) is 0. The summed E-state index contributed by atoms with van der Waals surface area (Å²) in [5.74, 6) is 0. The number of allylic oxidation sites excluding steroid dienone is 8. The van der Waals surface area contributed by atoms with Crippen LogP contribution in [0.4, 0.5) is 0 Å². The topological polar surface area (TPSA) is 0 Å². The fourth-order valence-electron chi connectivity index (χ4n) is 4.08. The van der Waals surface area contributed by atoms with Crippen LogP contribution in [0, 0.1) is 23.0 Å². The molecule has 2 atom stereocenters. The molecule has 164 valence electrons. The molecule has 3 heteroatoms. The van der Waals surface area contributed by atoms with Gasteiger partial charge in [-0.25, -0.2) is 35.5 Å². The van der Waals surface area contributed by atoms with E-state index in [1.165, 1.54) is 60.8 Å². The summed E-state index contributed by atoms with van der Waals surface area (Å²) in [7, 11) is 0. The molecule has 0 aliphatic heterocycles. The van der Waals surface area contributed by atoms with Gasteiger partial charge in [-0.2, -0.15) is 11.1 Å². The number of rotatable bonds is 8. The third-order valence-corrected chi connectivity index (χ3v) is 6.39. The molecule has 0 saturated heterocycles. The van der Waals surface area contributed by atoms with Crippen molar-refractivity contribution in [1.29, 1.82) is 0 Å². The van der Waals surface area contributed by atoms with Crippen LogP contribution in [0.5, 0.6) is 0 Å². The van der Waals surface area contributed by atoms with Gasteiger partial charge in [0.25, 0.3) is 0 Å². The molecule has 0 fully saturated rings. The number of hydrogen-bond donors (Lipinski definition) is 0. The Labute approximate surface area is 214 Å². The molecule has 0 aromatic heterocycles. The minimum atomic E-state index is 0. The predicted octanol–water partition coefficient (Wildman–Crippen LogP) is 2.57. The molecule has 0 nitrogen and oxygen atoms in total. The van der Waals surface area contributed by atoms with Crippen molar-refractivity contribution in [3.05, 3.63) is 46.6 Å². The van der Waals surface area contributed by atoms with Crippen LogP contribution in [0.1, 0.15) is 107 Å². The van der Waals surface area contributed by atoms with Gasteiger partial charge < -0.3 is 24.8 Å². The number of halogens is 2. The molecular formula is C26H42Cl2Zr. The van der Waals surface area contributed by atoms with Crippen molar-refractivity contribution in [2.45, 2.75) is 107 Å². The van der Waals surface area contributed by atoms with Crippen molar-refractivity contribution in [2.24, 2.45) is 10.8 Å². The van der Waals surface area contributed by atoms with Crippen LogP contribution < -0.4 is 24.8 Å². The summed E-state index contributed by atoms with van der Waals surface area (Å²) in [6.07, 6.45) is 21.5. The largest absolute Gasteiger partial charge is 4.00 e. The number of hydrogen-bond acceptors (Lipinski definition) is 0. The molecule has 0 N–H and O–H groups in total. The summed E-state index contributed by atoms with van der Waals surface area (Å²) in [6.45, 7) is 18.2. The minimum absolute atomic E-state index is 0. The van der Waals surface area contributed by atoms with E-state index in [1.807, 2.05) is 0 Å². The Morgan fingerprint density at radius 2 is 1.03 bits per heavy atom. The standard InChI is InChI=1S/2C13H21.2ClH.Zr/c2*1-5-9-13(4,6-2)12-8-7-11(3)10-12;;;/h2*8H,5-7,9H2,1-4H3;2*1H;/q2*-1;;;+4/p-2. The van der Waals surface area contributed by atoms with Gasteiger partial charge in [0.05, 0.1) is 0 Å². The molecule has 2 unspecified atom stereocenters. The molecule has 2 aliphatic rings. The smallest absolute Gasteiger partial charge is 1.00 e. The van der Waals surface area contributed by atoms with Crippen molar-refractivity contribution in [2.75, 3.05) is 0 Å². The van der Waals surface area contributed by atoms with E-state index in [4.69, 9.17) is 0 Å². The molecule has 0 spiro atoms. The Kier molecular flexibility index (Phi) is 18.9. The van der Waals surface area contributed by atoms with E-state index in [1.54, 1.807) is 0 Å². The van der Waals surface area contributed by atoms with Gasteiger partial charge in [-0.3, -0.25) is 0 Å². The Hall–Kier alpha value is 0.423. The first-order valence-electron chi connectivity index (χ1n) is 10.8. The average molecular weight is 517 g/mol. The average Bonchev–Trinajstić information content (AvgIpc) is 3.25. The van der Waals surface area contributed by atoms with Crippen LogP contribution in [0.15, 0.2) is 34.4 Å². The Morgan fingerprint density at radius 1 is 0.724 bits per heavy atom. The molecule has 0 heterocycles. The Balaban J connectivity index is -0.000000422. The zero-order valence-corrected chi connectivity index (χ0v) is 24.0. The van der Waals surface area contributed by atoms with Gasteiger partial charge in [0.1, 0.15) is 0 Å². The first-order chi connectivity index (χ1) is 12.2. The Bertz CT molecular complexity index is 534.